The van der Waals surface area contributed by atoms with Crippen LogP contribution in [0.3, 0.4) is 0 Å². The van der Waals surface area contributed by atoms with Crippen LogP contribution < -0.4 is 22.1 Å². The molecule has 0 atom stereocenters. The first-order valence-electron chi connectivity index (χ1n) is 0.748. The molecule has 0 aliphatic heterocycles. The molecule has 0 aromatic heterocycles. The average Bonchev–Trinajstić information content (AvgIpc) is 0.722. The Hall–Kier alpha value is -0.250. The lowest BCUT2D eigenvalue weighted by Gasteiger charge is -2.19. The third-order valence-electron chi connectivity index (χ3n) is 0. The molecule has 104 valence electrons. The fraction of sp³-hybridized carbons (Fsp3) is 0. The van der Waals surface area contributed by atoms with Crippen molar-refractivity contribution in [2.75, 3.05) is 0 Å². The quantitative estimate of drug-likeness (QED) is 0.355. The van der Waals surface area contributed by atoms with Crippen LogP contribution in [-0.4, -0.2) is 43.2 Å². The zero-order valence-corrected chi connectivity index (χ0v) is 8.51. The first-order valence-corrected chi connectivity index (χ1v) is 2.24. The predicted molar refractivity (Wildman–Crippen MR) is 47.1 cm³/mol. The Morgan fingerprint density at radius 1 is 0.714 bits per heavy atom. The molecule has 0 aliphatic rings. The van der Waals surface area contributed by atoms with Crippen LogP contribution in [0.1, 0.15) is 0 Å². The fourth-order valence-electron chi connectivity index (χ4n) is 0. The molecule has 13 nitrogen and oxygen atoms in total. The van der Waals surface area contributed by atoms with Gasteiger partial charge in [0.1, 0.15) is 0 Å². The molecule has 0 aromatic rings. The standard InChI is InChI=1S/2H3N.H3O4P.7H2O/c;;1-5(2,3)4;;;;;;;/h2*1H3;(H3,1,2,3,4);7*1H2. The Kier molecular flexibility index (Phi) is 604. The Labute approximate surface area is 78.9 Å². The minimum atomic E-state index is -5.14. The second-order valence-corrected chi connectivity index (χ2v) is 1.41. The summed E-state index contributed by atoms with van der Waals surface area (Å²) >= 11 is 0. The first kappa shape index (κ1) is 159. The third kappa shape index (κ3) is 21700. The van der Waals surface area contributed by atoms with Crippen LogP contribution in [-0.2, 0) is 4.57 Å². The van der Waals surface area contributed by atoms with Gasteiger partial charge in [-0.25, -0.2) is 0 Å². The highest BCUT2D eigenvalue weighted by Gasteiger charge is 1.64. The van der Waals surface area contributed by atoms with Gasteiger partial charge in [0.2, 0.25) is 0 Å². The summed E-state index contributed by atoms with van der Waals surface area (Å²) in [6.45, 7) is 0. The Balaban J connectivity index is -0.00000000222. The lowest BCUT2D eigenvalue weighted by atomic mass is 14.0. The number of rotatable bonds is 0. The maximum Gasteiger partial charge on any atom is 0.0557 e. The molecular formula is H23N2O11P. The molecule has 0 radical (unpaired) electrons. The van der Waals surface area contributed by atoms with E-state index in [9.17, 15) is 0 Å². The molecule has 0 rings (SSSR count). The molecular weight excluding hydrogens is 235 g/mol. The Morgan fingerprint density at radius 3 is 0.714 bits per heavy atom. The summed E-state index contributed by atoms with van der Waals surface area (Å²) in [6, 6.07) is 0. The van der Waals surface area contributed by atoms with Crippen molar-refractivity contribution in [3.8, 4) is 0 Å². The molecule has 0 spiro atoms. The summed E-state index contributed by atoms with van der Waals surface area (Å²) in [5.41, 5.74) is 0. The molecule has 14 heteroatoms. The summed E-state index contributed by atoms with van der Waals surface area (Å²) in [5.74, 6) is 0. The SMILES string of the molecule is O.O.O.O.O.O.O.O=P([O-])([O-])O.[NH4+].[NH4+]. The maximum atomic E-state index is 8.66. The minimum absolute atomic E-state index is 0. The van der Waals surface area contributed by atoms with E-state index in [0.717, 1.165) is 0 Å². The van der Waals surface area contributed by atoms with E-state index < -0.39 is 7.82 Å². The monoisotopic (exact) mass is 258 g/mol. The molecule has 23 N–H and O–H groups in total. The third-order valence-corrected chi connectivity index (χ3v) is 0. The number of hydrogen-bond acceptors (Lipinski definition) is 3. The second kappa shape index (κ2) is 53.2. The minimum Gasteiger partial charge on any atom is -0.790 e. The van der Waals surface area contributed by atoms with E-state index in [-0.39, 0.29) is 50.6 Å². The highest BCUT2D eigenvalue weighted by molar-refractivity contribution is 7.42. The van der Waals surface area contributed by atoms with Crippen molar-refractivity contribution in [1.29, 1.82) is 0 Å². The lowest BCUT2D eigenvalue weighted by molar-refractivity contribution is -0.337. The normalized spacial score (nSPS) is 4.21. The lowest BCUT2D eigenvalue weighted by Crippen LogP contribution is -2.11. The molecule has 0 fully saturated rings. The molecule has 0 bridgehead atoms. The van der Waals surface area contributed by atoms with Crippen LogP contribution in [0.25, 0.3) is 0 Å². The van der Waals surface area contributed by atoms with Crippen LogP contribution >= 0.6 is 7.82 Å². The summed E-state index contributed by atoms with van der Waals surface area (Å²) in [5, 5.41) is 0. The number of hydrogen-bond donors (Lipinski definition) is 3. The molecule has 0 saturated carbocycles. The summed E-state index contributed by atoms with van der Waals surface area (Å²) in [7, 11) is -5.14. The van der Waals surface area contributed by atoms with Crippen molar-refractivity contribution in [1.82, 2.24) is 12.3 Å². The molecule has 0 unspecified atom stereocenters. The van der Waals surface area contributed by atoms with Crippen molar-refractivity contribution in [2.24, 2.45) is 0 Å². The molecule has 14 heavy (non-hydrogen) atoms. The highest BCUT2D eigenvalue weighted by atomic mass is 31.2. The van der Waals surface area contributed by atoms with E-state index in [1.54, 1.807) is 0 Å². The van der Waals surface area contributed by atoms with Crippen molar-refractivity contribution in [2.45, 2.75) is 0 Å². The van der Waals surface area contributed by atoms with Crippen LogP contribution in [0.15, 0.2) is 0 Å². The number of phosphoric acid groups is 1. The van der Waals surface area contributed by atoms with Gasteiger partial charge in [0.15, 0.2) is 0 Å². The predicted octanol–water partition coefficient (Wildman–Crippen LogP) is -7.21. The van der Waals surface area contributed by atoms with Crippen molar-refractivity contribution < 1.29 is 57.6 Å². The maximum absolute atomic E-state index is 8.66. The van der Waals surface area contributed by atoms with Gasteiger partial charge in [-0.2, -0.15) is 0 Å². The van der Waals surface area contributed by atoms with E-state index in [1.807, 2.05) is 0 Å². The van der Waals surface area contributed by atoms with E-state index in [1.165, 1.54) is 0 Å². The fourth-order valence-corrected chi connectivity index (χ4v) is 0. The Bertz CT molecular complexity index is 59.4. The Morgan fingerprint density at radius 2 is 0.714 bits per heavy atom. The van der Waals surface area contributed by atoms with Gasteiger partial charge in [-0.05, 0) is 0 Å². The van der Waals surface area contributed by atoms with Crippen LogP contribution in [0.4, 0.5) is 0 Å². The van der Waals surface area contributed by atoms with Gasteiger partial charge in [0.05, 0.1) is 7.82 Å². The molecule has 0 aliphatic carbocycles. The van der Waals surface area contributed by atoms with E-state index in [0.29, 0.717) is 0 Å². The van der Waals surface area contributed by atoms with Crippen LogP contribution in [0.2, 0.25) is 0 Å². The zero-order chi connectivity index (χ0) is 4.50. The summed E-state index contributed by atoms with van der Waals surface area (Å²) in [4.78, 5) is 24.3. The zero-order valence-electron chi connectivity index (χ0n) is 7.62. The average molecular weight is 258 g/mol. The van der Waals surface area contributed by atoms with Crippen molar-refractivity contribution in [3.63, 3.8) is 0 Å². The topological polar surface area (TPSA) is 377 Å². The van der Waals surface area contributed by atoms with Gasteiger partial charge in [-0.1, -0.05) is 0 Å². The molecule has 0 heterocycles. The van der Waals surface area contributed by atoms with E-state index in [2.05, 4.69) is 0 Å². The van der Waals surface area contributed by atoms with Gasteiger partial charge < -0.3 is 69.9 Å². The van der Waals surface area contributed by atoms with Gasteiger partial charge in [-0.15, -0.1) is 0 Å². The van der Waals surface area contributed by atoms with Crippen LogP contribution in [0.5, 0.6) is 0 Å². The largest absolute Gasteiger partial charge is 0.790 e. The molecule has 0 amide bonds. The molecule has 0 aromatic carbocycles. The second-order valence-electron chi connectivity index (χ2n) is 0.469. The van der Waals surface area contributed by atoms with Crippen molar-refractivity contribution in [3.05, 3.63) is 0 Å². The van der Waals surface area contributed by atoms with E-state index in [4.69, 9.17) is 19.2 Å². The van der Waals surface area contributed by atoms with Gasteiger partial charge in [0, 0.05) is 0 Å². The van der Waals surface area contributed by atoms with Crippen molar-refractivity contribution >= 4 is 7.82 Å². The number of quaternary nitrogens is 2. The summed E-state index contributed by atoms with van der Waals surface area (Å²) < 4.78 is 8.66. The van der Waals surface area contributed by atoms with Gasteiger partial charge in [0.25, 0.3) is 0 Å². The smallest absolute Gasteiger partial charge is 0.0557 e. The highest BCUT2D eigenvalue weighted by Crippen LogP contribution is 2.11. The summed E-state index contributed by atoms with van der Waals surface area (Å²) in [6.07, 6.45) is 0. The van der Waals surface area contributed by atoms with Crippen LogP contribution in [0, 0.1) is 0 Å². The van der Waals surface area contributed by atoms with Gasteiger partial charge in [-0.3, -0.25) is 0 Å². The first-order chi connectivity index (χ1) is 2.00. The van der Waals surface area contributed by atoms with Gasteiger partial charge >= 0.3 is 0 Å². The van der Waals surface area contributed by atoms with E-state index >= 15 is 0 Å². The molecule has 0 saturated heterocycles.